The van der Waals surface area contributed by atoms with Crippen LogP contribution in [-0.2, 0) is 0 Å². The number of hydrogen-bond donors (Lipinski definition) is 1. The first kappa shape index (κ1) is 24.7. The summed E-state index contributed by atoms with van der Waals surface area (Å²) in [6.45, 7) is 1.77. The molecule has 2 aromatic rings. The molecule has 0 radical (unpaired) electrons. The maximum atomic E-state index is 14.4. The number of rotatable bonds is 10. The molecule has 0 aliphatic rings. The van der Waals surface area contributed by atoms with Crippen molar-refractivity contribution >= 4 is 0 Å². The van der Waals surface area contributed by atoms with Crippen LogP contribution < -0.4 is 4.74 Å². The highest BCUT2D eigenvalue weighted by atomic mass is 19.2. The van der Waals surface area contributed by atoms with Crippen molar-refractivity contribution in [2.75, 3.05) is 6.61 Å². The van der Waals surface area contributed by atoms with Crippen molar-refractivity contribution < 1.29 is 45.0 Å². The van der Waals surface area contributed by atoms with Gasteiger partial charge in [-0.05, 0) is 6.42 Å². The smallest absolute Gasteiger partial charge is 0.204 e. The molecule has 0 bridgehead atoms. The Hall–Kier alpha value is -2.52. The van der Waals surface area contributed by atoms with Gasteiger partial charge >= 0.3 is 0 Å². The van der Waals surface area contributed by atoms with Crippen LogP contribution in [0.25, 0.3) is 11.1 Å². The molecule has 0 spiro atoms. The molecule has 0 aromatic heterocycles. The summed E-state index contributed by atoms with van der Waals surface area (Å²) in [6, 6.07) is 0. The van der Waals surface area contributed by atoms with Crippen molar-refractivity contribution in [3.05, 3.63) is 46.5 Å². The van der Waals surface area contributed by atoms with Crippen molar-refractivity contribution in [1.29, 1.82) is 0 Å². The maximum absolute atomic E-state index is 14.4. The molecule has 10 heteroatoms. The predicted molar refractivity (Wildman–Crippen MR) is 96.7 cm³/mol. The lowest BCUT2D eigenvalue weighted by atomic mass is 10.0. The molecule has 2 rings (SSSR count). The van der Waals surface area contributed by atoms with Crippen LogP contribution in [0.1, 0.15) is 51.9 Å². The Morgan fingerprint density at radius 2 is 0.935 bits per heavy atom. The third-order valence-electron chi connectivity index (χ3n) is 4.71. The Morgan fingerprint density at radius 1 is 0.548 bits per heavy atom. The predicted octanol–water partition coefficient (Wildman–Crippen LogP) is 7.30. The van der Waals surface area contributed by atoms with Crippen LogP contribution in [0.5, 0.6) is 11.5 Å². The summed E-state index contributed by atoms with van der Waals surface area (Å²) < 4.78 is 117. The largest absolute Gasteiger partial charge is 0.503 e. The molecule has 2 nitrogen and oxygen atoms in total. The molecule has 0 saturated carbocycles. The summed E-state index contributed by atoms with van der Waals surface area (Å²) in [6.07, 6.45) is 5.91. The molecule has 1 N–H and O–H groups in total. The number of unbranched alkanes of at least 4 members (excludes halogenated alkanes) is 6. The van der Waals surface area contributed by atoms with E-state index in [0.29, 0.717) is 12.8 Å². The fraction of sp³-hybridized carbons (Fsp3) is 0.429. The van der Waals surface area contributed by atoms with Crippen LogP contribution in [0.2, 0.25) is 0 Å². The Morgan fingerprint density at radius 3 is 1.39 bits per heavy atom. The molecule has 0 aliphatic heterocycles. The van der Waals surface area contributed by atoms with Crippen molar-refractivity contribution in [3.8, 4) is 22.6 Å². The van der Waals surface area contributed by atoms with Gasteiger partial charge in [0.15, 0.2) is 34.8 Å². The molecule has 0 atom stereocenters. The molecule has 0 saturated heterocycles. The summed E-state index contributed by atoms with van der Waals surface area (Å²) in [7, 11) is 0. The van der Waals surface area contributed by atoms with Crippen LogP contribution in [0, 0.1) is 46.5 Å². The minimum atomic E-state index is -2.43. The highest BCUT2D eigenvalue weighted by Crippen LogP contribution is 2.41. The lowest BCUT2D eigenvalue weighted by Crippen LogP contribution is -2.10. The Bertz CT molecular complexity index is 888. The van der Waals surface area contributed by atoms with Crippen molar-refractivity contribution in [3.63, 3.8) is 0 Å². The van der Waals surface area contributed by atoms with E-state index >= 15 is 0 Å². The summed E-state index contributed by atoms with van der Waals surface area (Å²) in [5.41, 5.74) is -4.05. The monoisotopic (exact) mass is 456 g/mol. The van der Waals surface area contributed by atoms with Gasteiger partial charge < -0.3 is 9.84 Å². The van der Waals surface area contributed by atoms with Gasteiger partial charge in [-0.1, -0.05) is 45.4 Å². The second-order valence-electron chi connectivity index (χ2n) is 6.91. The van der Waals surface area contributed by atoms with E-state index < -0.39 is 69.2 Å². The molecule has 2 aromatic carbocycles. The fourth-order valence-corrected chi connectivity index (χ4v) is 3.03. The quantitative estimate of drug-likeness (QED) is 0.231. The van der Waals surface area contributed by atoms with Crippen molar-refractivity contribution in [2.24, 2.45) is 0 Å². The highest BCUT2D eigenvalue weighted by Gasteiger charge is 2.34. The Balaban J connectivity index is 2.30. The van der Waals surface area contributed by atoms with E-state index in [2.05, 4.69) is 6.92 Å². The normalized spacial score (nSPS) is 11.3. The van der Waals surface area contributed by atoms with Crippen LogP contribution in [0.15, 0.2) is 0 Å². The van der Waals surface area contributed by atoms with Gasteiger partial charge in [0, 0.05) is 0 Å². The highest BCUT2D eigenvalue weighted by molar-refractivity contribution is 5.69. The number of ether oxygens (including phenoxy) is 1. The number of hydrogen-bond acceptors (Lipinski definition) is 2. The van der Waals surface area contributed by atoms with Gasteiger partial charge in [-0.15, -0.1) is 0 Å². The third-order valence-corrected chi connectivity index (χ3v) is 4.71. The average molecular weight is 456 g/mol. The van der Waals surface area contributed by atoms with E-state index in [4.69, 9.17) is 9.84 Å². The molecule has 0 unspecified atom stereocenters. The summed E-state index contributed by atoms with van der Waals surface area (Å²) >= 11 is 0. The second-order valence-corrected chi connectivity index (χ2v) is 6.91. The van der Waals surface area contributed by atoms with Gasteiger partial charge in [0.2, 0.25) is 23.3 Å². The first-order chi connectivity index (χ1) is 14.6. The molecule has 172 valence electrons. The van der Waals surface area contributed by atoms with Gasteiger partial charge in [0.1, 0.15) is 0 Å². The van der Waals surface area contributed by atoms with Gasteiger partial charge in [-0.2, -0.15) is 17.6 Å². The molecule has 0 amide bonds. The van der Waals surface area contributed by atoms with Crippen LogP contribution in [0.4, 0.5) is 35.1 Å². The van der Waals surface area contributed by atoms with Crippen LogP contribution >= 0.6 is 0 Å². The van der Waals surface area contributed by atoms with E-state index in [1.165, 1.54) is 0 Å². The molecule has 0 fully saturated rings. The minimum Gasteiger partial charge on any atom is -0.503 e. The summed E-state index contributed by atoms with van der Waals surface area (Å²) in [4.78, 5) is 0. The number of halogens is 8. The molecular formula is C21H20F8O2. The number of aromatic hydroxyl groups is 1. The van der Waals surface area contributed by atoms with Crippen molar-refractivity contribution in [1.82, 2.24) is 0 Å². The van der Waals surface area contributed by atoms with Gasteiger partial charge in [0.25, 0.3) is 0 Å². The van der Waals surface area contributed by atoms with Gasteiger partial charge in [-0.25, -0.2) is 17.6 Å². The zero-order chi connectivity index (χ0) is 23.3. The number of phenolic OH excluding ortho intramolecular Hbond substituents is 1. The fourth-order valence-electron chi connectivity index (χ4n) is 3.03. The van der Waals surface area contributed by atoms with E-state index in [-0.39, 0.29) is 6.61 Å². The first-order valence-electron chi connectivity index (χ1n) is 9.69. The average Bonchev–Trinajstić information content (AvgIpc) is 2.75. The lowest BCUT2D eigenvalue weighted by Gasteiger charge is -2.15. The molecule has 31 heavy (non-hydrogen) atoms. The Labute approximate surface area is 173 Å². The van der Waals surface area contributed by atoms with E-state index in [9.17, 15) is 35.1 Å². The standard InChI is InChI=1S/C21H20F8O2/c1-2-3-4-5-6-7-8-9-31-21-18(28)14(24)11(15(25)19(21)29)10-12(22)16(26)20(30)17(27)13(10)23/h30H,2-9H2,1H3. The van der Waals surface area contributed by atoms with E-state index in [1.807, 2.05) is 0 Å². The zero-order valence-corrected chi connectivity index (χ0v) is 16.5. The zero-order valence-electron chi connectivity index (χ0n) is 16.5. The molecule has 0 aliphatic carbocycles. The molecule has 0 heterocycles. The van der Waals surface area contributed by atoms with Crippen molar-refractivity contribution in [2.45, 2.75) is 51.9 Å². The topological polar surface area (TPSA) is 29.5 Å². The maximum Gasteiger partial charge on any atom is 0.204 e. The minimum absolute atomic E-state index is 0.287. The van der Waals surface area contributed by atoms with E-state index in [0.717, 1.165) is 32.1 Å². The second kappa shape index (κ2) is 10.7. The summed E-state index contributed by atoms with van der Waals surface area (Å²) in [5.74, 6) is -22.0. The lowest BCUT2D eigenvalue weighted by molar-refractivity contribution is 0.263. The number of benzene rings is 2. The Kier molecular flexibility index (Phi) is 8.52. The van der Waals surface area contributed by atoms with E-state index in [1.54, 1.807) is 0 Å². The SMILES string of the molecule is CCCCCCCCCOc1c(F)c(F)c(-c2c(F)c(F)c(O)c(F)c2F)c(F)c1F. The molecular weight excluding hydrogens is 436 g/mol. The van der Waals surface area contributed by atoms with Gasteiger partial charge in [0.05, 0.1) is 17.7 Å². The summed E-state index contributed by atoms with van der Waals surface area (Å²) in [5, 5.41) is 8.95. The third kappa shape index (κ3) is 5.04. The van der Waals surface area contributed by atoms with Crippen LogP contribution in [0.3, 0.4) is 0 Å². The van der Waals surface area contributed by atoms with Crippen LogP contribution in [-0.4, -0.2) is 11.7 Å². The first-order valence-corrected chi connectivity index (χ1v) is 9.69. The van der Waals surface area contributed by atoms with Gasteiger partial charge in [-0.3, -0.25) is 0 Å². The number of phenols is 1.